The van der Waals surface area contributed by atoms with E-state index in [1.807, 2.05) is 20.8 Å². The molecule has 2 atom stereocenters. The molecule has 0 aromatic carbocycles. The largest absolute Gasteiger partial charge is 1.00 e. The summed E-state index contributed by atoms with van der Waals surface area (Å²) in [5.74, 6) is 0.492. The minimum absolute atomic E-state index is 0. The molecular formula is C7H18KNOS. The molecule has 0 spiro atoms. The van der Waals surface area contributed by atoms with E-state index in [0.717, 1.165) is 0 Å². The van der Waals surface area contributed by atoms with Crippen molar-refractivity contribution in [1.29, 1.82) is 0 Å². The predicted octanol–water partition coefficient (Wildman–Crippen LogP) is -0.953. The van der Waals surface area contributed by atoms with Crippen molar-refractivity contribution >= 4 is 12.6 Å². The molecule has 0 saturated carbocycles. The van der Waals surface area contributed by atoms with Crippen molar-refractivity contribution in [2.45, 2.75) is 39.8 Å². The van der Waals surface area contributed by atoms with Gasteiger partial charge in [-0.25, -0.2) is 12.6 Å². The number of nitrogens with zero attached hydrogens (tertiary/aromatic N) is 1. The molecule has 2 nitrogen and oxygen atoms in total. The fraction of sp³-hybridized carbons (Fsp3) is 1.00. The van der Waals surface area contributed by atoms with Crippen molar-refractivity contribution in [3.8, 4) is 0 Å². The minimum Gasteiger partial charge on any atom is -0.649 e. The number of hydrogen-bond acceptors (Lipinski definition) is 2. The van der Waals surface area contributed by atoms with Crippen molar-refractivity contribution in [2.24, 2.45) is 0 Å². The van der Waals surface area contributed by atoms with Gasteiger partial charge in [-0.15, -0.1) is 11.9 Å². The first kappa shape index (κ1) is 18.6. The second kappa shape index (κ2) is 14.4. The van der Waals surface area contributed by atoms with Crippen LogP contribution in [-0.2, 0) is 0 Å². The van der Waals surface area contributed by atoms with E-state index >= 15 is 0 Å². The maximum Gasteiger partial charge on any atom is 1.00 e. The van der Waals surface area contributed by atoms with Crippen LogP contribution >= 0.6 is 12.6 Å². The van der Waals surface area contributed by atoms with Crippen molar-refractivity contribution < 1.29 is 56.5 Å². The monoisotopic (exact) mass is 203 g/mol. The maximum atomic E-state index is 8.82. The van der Waals surface area contributed by atoms with Crippen LogP contribution in [0.5, 0.6) is 0 Å². The van der Waals surface area contributed by atoms with Gasteiger partial charge in [0.15, 0.2) is 0 Å². The van der Waals surface area contributed by atoms with E-state index in [4.69, 9.17) is 5.11 Å². The van der Waals surface area contributed by atoms with E-state index in [2.05, 4.69) is 17.9 Å². The number of aliphatic hydroxyl groups excluding tert-OH is 1. The smallest absolute Gasteiger partial charge is 0.649 e. The Balaban J connectivity index is -0.000000196. The Morgan fingerprint density at radius 2 is 1.73 bits per heavy atom. The van der Waals surface area contributed by atoms with E-state index in [1.54, 1.807) is 6.92 Å². The molecule has 1 N–H and O–H groups in total. The normalized spacial score (nSPS) is 13.6. The first-order valence-electron chi connectivity index (χ1n) is 3.64. The van der Waals surface area contributed by atoms with Crippen molar-refractivity contribution in [1.82, 2.24) is 0 Å². The average molecular weight is 203 g/mol. The number of hydrogen-bond donors (Lipinski definition) is 2. The molecule has 0 amide bonds. The summed E-state index contributed by atoms with van der Waals surface area (Å²) in [7, 11) is 0. The summed E-state index contributed by atoms with van der Waals surface area (Å²) in [5, 5.41) is 12.8. The van der Waals surface area contributed by atoms with Gasteiger partial charge in [0.1, 0.15) is 0 Å². The molecular weight excluding hydrogens is 185 g/mol. The Morgan fingerprint density at radius 1 is 1.36 bits per heavy atom. The third kappa shape index (κ3) is 14.7. The molecule has 0 fully saturated rings. The maximum absolute atomic E-state index is 8.82. The van der Waals surface area contributed by atoms with Crippen molar-refractivity contribution in [3.05, 3.63) is 5.32 Å². The van der Waals surface area contributed by atoms with E-state index in [0.29, 0.717) is 5.88 Å². The van der Waals surface area contributed by atoms with Gasteiger partial charge < -0.3 is 10.4 Å². The zero-order chi connectivity index (χ0) is 8.57. The van der Waals surface area contributed by atoms with Crippen LogP contribution in [0.4, 0.5) is 0 Å². The van der Waals surface area contributed by atoms with Gasteiger partial charge in [0, 0.05) is 6.10 Å². The van der Waals surface area contributed by atoms with Gasteiger partial charge in [0.2, 0.25) is 0 Å². The second-order valence-corrected chi connectivity index (χ2v) is 2.09. The van der Waals surface area contributed by atoms with Crippen LogP contribution in [0.1, 0.15) is 27.7 Å². The Morgan fingerprint density at radius 3 is 1.82 bits per heavy atom. The van der Waals surface area contributed by atoms with Crippen LogP contribution in [0.25, 0.3) is 5.32 Å². The molecule has 0 aliphatic heterocycles. The minimum atomic E-state index is -0.345. The fourth-order valence-corrected chi connectivity index (χ4v) is 0.539. The molecule has 0 bridgehead atoms. The van der Waals surface area contributed by atoms with Crippen LogP contribution in [0.2, 0.25) is 0 Å². The van der Waals surface area contributed by atoms with Crippen LogP contribution < -0.4 is 51.4 Å². The second-order valence-electron chi connectivity index (χ2n) is 1.81. The van der Waals surface area contributed by atoms with Gasteiger partial charge in [-0.2, -0.15) is 0 Å². The third-order valence-corrected chi connectivity index (χ3v) is 1.23. The van der Waals surface area contributed by atoms with Gasteiger partial charge in [-0.3, -0.25) is 0 Å². The zero-order valence-electron chi connectivity index (χ0n) is 8.20. The Hall–Kier alpha value is 1.91. The Labute approximate surface area is 118 Å². The van der Waals surface area contributed by atoms with Gasteiger partial charge in [0.05, 0.1) is 0 Å². The van der Waals surface area contributed by atoms with Crippen LogP contribution in [0.3, 0.4) is 0 Å². The summed E-state index contributed by atoms with van der Waals surface area (Å²) in [5.41, 5.74) is 0. The molecule has 4 heteroatoms. The SMILES string of the molecule is CC.CC(O)C(C)[N-]CS.[K+]. The molecule has 0 aromatic rings. The summed E-state index contributed by atoms with van der Waals surface area (Å²) < 4.78 is 0. The van der Waals surface area contributed by atoms with E-state index < -0.39 is 0 Å². The molecule has 0 saturated heterocycles. The average Bonchev–Trinajstić information content (AvgIpc) is 1.93. The van der Waals surface area contributed by atoms with E-state index in [1.165, 1.54) is 0 Å². The standard InChI is InChI=1S/C5H12NOS.C2H6.K/c1-4(5(2)7)6-3-8;1-2;/h4-5,7-8H,3H2,1-2H3;1-2H3;/q-1;;+1. The molecule has 0 radical (unpaired) electrons. The number of rotatable bonds is 3. The van der Waals surface area contributed by atoms with Crippen LogP contribution in [0, 0.1) is 0 Å². The molecule has 0 rings (SSSR count). The molecule has 11 heavy (non-hydrogen) atoms. The molecule has 2 unspecified atom stereocenters. The van der Waals surface area contributed by atoms with Gasteiger partial charge in [0.25, 0.3) is 0 Å². The molecule has 0 aromatic heterocycles. The number of thiol groups is 1. The summed E-state index contributed by atoms with van der Waals surface area (Å²) in [6, 6.07) is 0.0208. The summed E-state index contributed by atoms with van der Waals surface area (Å²) >= 11 is 3.88. The third-order valence-electron chi connectivity index (χ3n) is 1.07. The first-order chi connectivity index (χ1) is 4.68. The molecule has 64 valence electrons. The molecule has 0 aliphatic carbocycles. The molecule has 0 heterocycles. The summed E-state index contributed by atoms with van der Waals surface area (Å²) in [6.07, 6.45) is -0.345. The van der Waals surface area contributed by atoms with E-state index in [9.17, 15) is 0 Å². The fourth-order valence-electron chi connectivity index (χ4n) is 0.281. The molecule has 0 aliphatic rings. The van der Waals surface area contributed by atoms with Gasteiger partial charge >= 0.3 is 51.4 Å². The first-order valence-corrected chi connectivity index (χ1v) is 4.27. The van der Waals surface area contributed by atoms with Crippen molar-refractivity contribution in [3.63, 3.8) is 0 Å². The Bertz CT molecular complexity index is 64.4. The van der Waals surface area contributed by atoms with Gasteiger partial charge in [-0.05, 0) is 6.92 Å². The number of aliphatic hydroxyl groups is 1. The predicted molar refractivity (Wildman–Crippen MR) is 49.7 cm³/mol. The van der Waals surface area contributed by atoms with Crippen molar-refractivity contribution in [2.75, 3.05) is 5.88 Å². The zero-order valence-corrected chi connectivity index (χ0v) is 12.2. The summed E-state index contributed by atoms with van der Waals surface area (Å²) in [6.45, 7) is 7.58. The van der Waals surface area contributed by atoms with Crippen LogP contribution in [0.15, 0.2) is 0 Å². The quantitative estimate of drug-likeness (QED) is 0.450. The topological polar surface area (TPSA) is 34.3 Å². The van der Waals surface area contributed by atoms with E-state index in [-0.39, 0.29) is 63.5 Å². The summed E-state index contributed by atoms with van der Waals surface area (Å²) in [4.78, 5) is 0. The Kier molecular flexibility index (Phi) is 24.5. The van der Waals surface area contributed by atoms with Gasteiger partial charge in [-0.1, -0.05) is 20.8 Å². The van der Waals surface area contributed by atoms with Crippen LogP contribution in [-0.4, -0.2) is 23.1 Å².